The van der Waals surface area contributed by atoms with E-state index in [1.807, 2.05) is 30.5 Å². The van der Waals surface area contributed by atoms with Crippen LogP contribution in [0, 0.1) is 5.82 Å². The maximum absolute atomic E-state index is 13.3. The second-order valence-corrected chi connectivity index (χ2v) is 7.62. The summed E-state index contributed by atoms with van der Waals surface area (Å²) in [5.74, 6) is -1.98. The number of hydrogen-bond acceptors (Lipinski definition) is 4. The van der Waals surface area contributed by atoms with Crippen molar-refractivity contribution in [1.82, 2.24) is 9.88 Å². The fourth-order valence-electron chi connectivity index (χ4n) is 4.20. The second-order valence-electron chi connectivity index (χ2n) is 7.62. The van der Waals surface area contributed by atoms with Crippen molar-refractivity contribution in [2.45, 2.75) is 12.5 Å². The van der Waals surface area contributed by atoms with Gasteiger partial charge >= 0.3 is 0 Å². The Kier molecular flexibility index (Phi) is 4.86. The van der Waals surface area contributed by atoms with E-state index in [1.54, 1.807) is 12.1 Å². The third-order valence-corrected chi connectivity index (χ3v) is 5.77. The molecule has 1 saturated heterocycles. The first-order chi connectivity index (χ1) is 15.5. The minimum absolute atomic E-state index is 0.0736. The number of furan rings is 1. The minimum Gasteiger partial charge on any atom is -0.507 e. The number of ketones is 1. The quantitative estimate of drug-likeness (QED) is 0.276. The fraction of sp³-hybridized carbons (Fsp3) is 0.120. The number of benzene rings is 2. The molecule has 0 saturated carbocycles. The highest BCUT2D eigenvalue weighted by atomic mass is 19.1. The first kappa shape index (κ1) is 19.8. The Balaban J connectivity index is 1.53. The smallest absolute Gasteiger partial charge is 0.295 e. The van der Waals surface area contributed by atoms with Gasteiger partial charge in [0.05, 0.1) is 11.8 Å². The van der Waals surface area contributed by atoms with Crippen LogP contribution in [0.25, 0.3) is 16.7 Å². The van der Waals surface area contributed by atoms with Crippen molar-refractivity contribution in [3.05, 3.63) is 101 Å². The van der Waals surface area contributed by atoms with Crippen molar-refractivity contribution >= 4 is 28.4 Å². The molecule has 3 heterocycles. The largest absolute Gasteiger partial charge is 0.507 e. The van der Waals surface area contributed by atoms with Crippen LogP contribution in [0.4, 0.5) is 4.39 Å². The topological polar surface area (TPSA) is 86.5 Å². The summed E-state index contributed by atoms with van der Waals surface area (Å²) in [6.45, 7) is 0.248. The van der Waals surface area contributed by atoms with E-state index in [0.29, 0.717) is 12.2 Å². The highest BCUT2D eigenvalue weighted by molar-refractivity contribution is 6.46. The molecule has 0 bridgehead atoms. The zero-order valence-corrected chi connectivity index (χ0v) is 16.9. The molecule has 0 radical (unpaired) electrons. The van der Waals surface area contributed by atoms with Gasteiger partial charge in [0.15, 0.2) is 0 Å². The number of carbonyl (C=O) groups excluding carboxylic acids is 2. The van der Waals surface area contributed by atoms with Crippen molar-refractivity contribution in [2.24, 2.45) is 0 Å². The summed E-state index contributed by atoms with van der Waals surface area (Å²) in [5.41, 5.74) is 2.18. The van der Waals surface area contributed by atoms with E-state index in [1.165, 1.54) is 35.4 Å². The summed E-state index contributed by atoms with van der Waals surface area (Å²) in [4.78, 5) is 30.5. The lowest BCUT2D eigenvalue weighted by Crippen LogP contribution is -2.31. The lowest BCUT2D eigenvalue weighted by atomic mass is 9.99. The number of amides is 1. The van der Waals surface area contributed by atoms with E-state index in [4.69, 9.17) is 4.42 Å². The van der Waals surface area contributed by atoms with E-state index in [9.17, 15) is 19.1 Å². The number of rotatable bonds is 5. The number of likely N-dealkylation sites (tertiary alicyclic amines) is 1. The SMILES string of the molecule is O=C1C(=O)N(CCc2c[nH]c3ccccc23)C(c2ccco2)C1=C(O)c1ccc(F)cc1. The highest BCUT2D eigenvalue weighted by Gasteiger charge is 2.47. The van der Waals surface area contributed by atoms with E-state index >= 15 is 0 Å². The summed E-state index contributed by atoms with van der Waals surface area (Å²) in [6, 6.07) is 15.4. The number of carbonyl (C=O) groups is 2. The monoisotopic (exact) mass is 430 g/mol. The molecule has 2 N–H and O–H groups in total. The van der Waals surface area contributed by atoms with Crippen molar-refractivity contribution in [1.29, 1.82) is 0 Å². The molecule has 5 rings (SSSR count). The molecule has 32 heavy (non-hydrogen) atoms. The first-order valence-electron chi connectivity index (χ1n) is 10.2. The second kappa shape index (κ2) is 7.85. The van der Waals surface area contributed by atoms with Crippen LogP contribution in [-0.2, 0) is 16.0 Å². The Labute approximate surface area is 182 Å². The number of aliphatic hydroxyl groups excluding tert-OH is 1. The molecule has 1 aliphatic heterocycles. The zero-order valence-electron chi connectivity index (χ0n) is 16.9. The molecule has 1 atom stereocenters. The molecule has 1 amide bonds. The molecule has 1 fully saturated rings. The van der Waals surface area contributed by atoms with Gasteiger partial charge in [0.2, 0.25) is 0 Å². The van der Waals surface area contributed by atoms with Gasteiger partial charge in [-0.05, 0) is 54.4 Å². The summed E-state index contributed by atoms with van der Waals surface area (Å²) in [6.07, 6.45) is 3.85. The van der Waals surface area contributed by atoms with Gasteiger partial charge < -0.3 is 19.4 Å². The lowest BCUT2D eigenvalue weighted by Gasteiger charge is -2.23. The van der Waals surface area contributed by atoms with Crippen LogP contribution < -0.4 is 0 Å². The molecular formula is C25H19FN2O4. The van der Waals surface area contributed by atoms with Crippen molar-refractivity contribution in [3.63, 3.8) is 0 Å². The molecule has 1 aliphatic rings. The summed E-state index contributed by atoms with van der Waals surface area (Å²) < 4.78 is 18.9. The average Bonchev–Trinajstić information content (AvgIpc) is 3.52. The van der Waals surface area contributed by atoms with Crippen LogP contribution in [0.2, 0.25) is 0 Å². The zero-order chi connectivity index (χ0) is 22.2. The van der Waals surface area contributed by atoms with E-state index in [2.05, 4.69) is 4.98 Å². The van der Waals surface area contributed by atoms with Crippen LogP contribution >= 0.6 is 0 Å². The Bertz CT molecular complexity index is 1340. The predicted molar refractivity (Wildman–Crippen MR) is 116 cm³/mol. The Morgan fingerprint density at radius 2 is 1.84 bits per heavy atom. The normalized spacial score (nSPS) is 18.0. The molecule has 6 nitrogen and oxygen atoms in total. The van der Waals surface area contributed by atoms with E-state index in [-0.39, 0.29) is 23.4 Å². The number of halogens is 1. The maximum Gasteiger partial charge on any atom is 0.295 e. The van der Waals surface area contributed by atoms with Crippen LogP contribution in [0.1, 0.15) is 22.9 Å². The molecule has 7 heteroatoms. The molecule has 2 aromatic heterocycles. The predicted octanol–water partition coefficient (Wildman–Crippen LogP) is 4.56. The highest BCUT2D eigenvalue weighted by Crippen LogP contribution is 2.39. The number of H-pyrrole nitrogens is 1. The third kappa shape index (κ3) is 3.28. The standard InChI is InChI=1S/C25H19FN2O4/c26-17-9-7-15(8-10-17)23(29)21-22(20-6-3-13-32-20)28(25(31)24(21)30)12-11-16-14-27-19-5-2-1-4-18(16)19/h1-10,13-14,22,27,29H,11-12H2. The van der Waals surface area contributed by atoms with E-state index < -0.39 is 23.5 Å². The van der Waals surface area contributed by atoms with E-state index in [0.717, 1.165) is 16.5 Å². The van der Waals surface area contributed by atoms with Gasteiger partial charge in [-0.2, -0.15) is 0 Å². The van der Waals surface area contributed by atoms with Gasteiger partial charge in [0.25, 0.3) is 11.7 Å². The number of aromatic nitrogens is 1. The first-order valence-corrected chi connectivity index (χ1v) is 10.2. The lowest BCUT2D eigenvalue weighted by molar-refractivity contribution is -0.140. The van der Waals surface area contributed by atoms with Gasteiger partial charge in [-0.1, -0.05) is 18.2 Å². The number of para-hydroxylation sites is 1. The van der Waals surface area contributed by atoms with Crippen LogP contribution in [0.15, 0.2) is 83.1 Å². The van der Waals surface area contributed by atoms with Gasteiger partial charge in [-0.3, -0.25) is 9.59 Å². The molecule has 0 spiro atoms. The fourth-order valence-corrected chi connectivity index (χ4v) is 4.20. The van der Waals surface area contributed by atoms with Gasteiger partial charge in [-0.15, -0.1) is 0 Å². The van der Waals surface area contributed by atoms with Gasteiger partial charge in [0.1, 0.15) is 23.4 Å². The van der Waals surface area contributed by atoms with Crippen molar-refractivity contribution in [2.75, 3.05) is 6.54 Å². The van der Waals surface area contributed by atoms with Crippen LogP contribution in [0.3, 0.4) is 0 Å². The molecule has 2 aromatic carbocycles. The minimum atomic E-state index is -0.875. The molecule has 160 valence electrons. The Hall–Kier alpha value is -4.13. The van der Waals surface area contributed by atoms with Gasteiger partial charge in [0, 0.05) is 29.2 Å². The van der Waals surface area contributed by atoms with Crippen LogP contribution in [-0.4, -0.2) is 33.2 Å². The number of fused-ring (bicyclic) bond motifs is 1. The van der Waals surface area contributed by atoms with Crippen molar-refractivity contribution in [3.8, 4) is 0 Å². The summed E-state index contributed by atoms with van der Waals surface area (Å²) in [5, 5.41) is 11.9. The molecule has 4 aromatic rings. The Morgan fingerprint density at radius 1 is 1.06 bits per heavy atom. The maximum atomic E-state index is 13.3. The van der Waals surface area contributed by atoms with Gasteiger partial charge in [-0.25, -0.2) is 4.39 Å². The number of aliphatic hydroxyl groups is 1. The molecule has 1 unspecified atom stereocenters. The third-order valence-electron chi connectivity index (χ3n) is 5.77. The molecular weight excluding hydrogens is 411 g/mol. The molecule has 0 aliphatic carbocycles. The number of hydrogen-bond donors (Lipinski definition) is 2. The summed E-state index contributed by atoms with van der Waals surface area (Å²) >= 11 is 0. The number of nitrogens with one attached hydrogen (secondary N) is 1. The van der Waals surface area contributed by atoms with Crippen LogP contribution in [0.5, 0.6) is 0 Å². The van der Waals surface area contributed by atoms with Crippen molar-refractivity contribution < 1.29 is 23.5 Å². The number of Topliss-reactive ketones (excluding diaryl/α,β-unsaturated/α-hetero) is 1. The number of nitrogens with zero attached hydrogens (tertiary/aromatic N) is 1. The summed E-state index contributed by atoms with van der Waals surface area (Å²) in [7, 11) is 0. The Morgan fingerprint density at radius 3 is 2.59 bits per heavy atom. The number of aromatic amines is 1. The average molecular weight is 430 g/mol.